The number of nitrogens with one attached hydrogen (secondary N) is 3. The van der Waals surface area contributed by atoms with E-state index in [1.807, 2.05) is 13.0 Å². The molecule has 0 unspecified atom stereocenters. The van der Waals surface area contributed by atoms with Gasteiger partial charge in [-0.25, -0.2) is 0 Å². The van der Waals surface area contributed by atoms with Gasteiger partial charge in [-0.2, -0.15) is 0 Å². The highest BCUT2D eigenvalue weighted by Gasteiger charge is 2.15. The van der Waals surface area contributed by atoms with Crippen molar-refractivity contribution < 1.29 is 19.1 Å². The highest BCUT2D eigenvalue weighted by molar-refractivity contribution is 8.00. The maximum atomic E-state index is 13.3. The maximum absolute atomic E-state index is 13.3. The van der Waals surface area contributed by atoms with E-state index in [0.29, 0.717) is 39.9 Å². The van der Waals surface area contributed by atoms with Gasteiger partial charge in [-0.05, 0) is 79.2 Å². The third-order valence-corrected chi connectivity index (χ3v) is 7.00. The summed E-state index contributed by atoms with van der Waals surface area (Å²) in [5, 5.41) is 8.83. The summed E-state index contributed by atoms with van der Waals surface area (Å²) in [5.74, 6) is -0.165. The molecule has 9 heteroatoms. The van der Waals surface area contributed by atoms with Crippen LogP contribution in [0.4, 0.5) is 11.4 Å². The Balaban J connectivity index is 1.42. The first-order valence-corrected chi connectivity index (χ1v) is 14.2. The molecule has 41 heavy (non-hydrogen) atoms. The highest BCUT2D eigenvalue weighted by Crippen LogP contribution is 2.24. The van der Waals surface area contributed by atoms with Gasteiger partial charge < -0.3 is 20.7 Å². The van der Waals surface area contributed by atoms with Crippen LogP contribution in [0.3, 0.4) is 0 Å². The first-order valence-electron chi connectivity index (χ1n) is 12.8. The van der Waals surface area contributed by atoms with Crippen LogP contribution in [0.5, 0.6) is 5.75 Å². The molecular weight excluding hydrogens is 558 g/mol. The lowest BCUT2D eigenvalue weighted by Gasteiger charge is -2.12. The van der Waals surface area contributed by atoms with Crippen molar-refractivity contribution in [2.24, 2.45) is 0 Å². The zero-order valence-corrected chi connectivity index (χ0v) is 23.8. The molecular formula is C32H28ClN3O4S. The first-order chi connectivity index (χ1) is 19.9. The average molecular weight is 586 g/mol. The summed E-state index contributed by atoms with van der Waals surface area (Å²) in [6, 6.07) is 30.0. The van der Waals surface area contributed by atoms with Gasteiger partial charge in [-0.1, -0.05) is 54.1 Å². The second-order valence-electron chi connectivity index (χ2n) is 8.68. The Bertz CT molecular complexity index is 1530. The molecule has 4 aromatic rings. The number of carbonyl (C=O) groups is 3. The van der Waals surface area contributed by atoms with Crippen molar-refractivity contribution in [2.75, 3.05) is 23.0 Å². The van der Waals surface area contributed by atoms with Crippen molar-refractivity contribution in [3.8, 4) is 5.75 Å². The number of ether oxygens (including phenoxy) is 1. The lowest BCUT2D eigenvalue weighted by Crippen LogP contribution is -2.30. The van der Waals surface area contributed by atoms with Gasteiger partial charge in [0.25, 0.3) is 11.8 Å². The molecule has 0 bridgehead atoms. The molecule has 0 aromatic heterocycles. The molecule has 0 aliphatic rings. The zero-order chi connectivity index (χ0) is 29.0. The fraction of sp³-hybridized carbons (Fsp3) is 0.0938. The van der Waals surface area contributed by atoms with Crippen molar-refractivity contribution in [1.82, 2.24) is 5.32 Å². The van der Waals surface area contributed by atoms with Crippen LogP contribution in [0.15, 0.2) is 114 Å². The van der Waals surface area contributed by atoms with Crippen molar-refractivity contribution in [3.63, 3.8) is 0 Å². The number of anilines is 2. The van der Waals surface area contributed by atoms with E-state index < -0.39 is 11.8 Å². The minimum Gasteiger partial charge on any atom is -0.494 e. The van der Waals surface area contributed by atoms with E-state index in [0.717, 1.165) is 4.90 Å². The molecule has 0 aliphatic heterocycles. The standard InChI is InChI=1S/C32H28ClN3O4S/c1-2-40-25-16-12-22(13-17-25)20-29(36-31(38)23-8-4-3-5-9-23)32(39)34-24-14-18-26(19-15-24)41-21-30(37)35-28-11-7-6-10-27(28)33/h3-20H,2,21H2,1H3,(H,34,39)(H,35,37)(H,36,38)/b29-20-. The van der Waals surface area contributed by atoms with Crippen LogP contribution in [0.25, 0.3) is 6.08 Å². The fourth-order valence-electron chi connectivity index (χ4n) is 3.67. The van der Waals surface area contributed by atoms with Gasteiger partial charge in [0.05, 0.1) is 23.1 Å². The third-order valence-electron chi connectivity index (χ3n) is 5.66. The Hall–Kier alpha value is -4.53. The summed E-state index contributed by atoms with van der Waals surface area (Å²) in [6.07, 6.45) is 1.60. The summed E-state index contributed by atoms with van der Waals surface area (Å²) in [6.45, 7) is 2.45. The molecule has 7 nitrogen and oxygen atoms in total. The number of halogens is 1. The molecule has 0 atom stereocenters. The molecule has 0 saturated carbocycles. The van der Waals surface area contributed by atoms with E-state index in [1.165, 1.54) is 11.8 Å². The summed E-state index contributed by atoms with van der Waals surface area (Å²) in [5.41, 5.74) is 2.32. The Labute approximate surface area is 248 Å². The summed E-state index contributed by atoms with van der Waals surface area (Å²) >= 11 is 7.45. The van der Waals surface area contributed by atoms with Crippen LogP contribution < -0.4 is 20.7 Å². The number of thioether (sulfide) groups is 1. The van der Waals surface area contributed by atoms with E-state index in [2.05, 4.69) is 16.0 Å². The van der Waals surface area contributed by atoms with E-state index in [-0.39, 0.29) is 17.4 Å². The number of rotatable bonds is 11. The largest absolute Gasteiger partial charge is 0.494 e. The second-order valence-corrected chi connectivity index (χ2v) is 10.1. The molecule has 0 aliphatic carbocycles. The number of benzene rings is 4. The van der Waals surface area contributed by atoms with Crippen LogP contribution >= 0.6 is 23.4 Å². The molecule has 4 aromatic carbocycles. The number of amides is 3. The maximum Gasteiger partial charge on any atom is 0.272 e. The van der Waals surface area contributed by atoms with Gasteiger partial charge >= 0.3 is 0 Å². The Morgan fingerprint density at radius 1 is 0.829 bits per heavy atom. The molecule has 3 N–H and O–H groups in total. The van der Waals surface area contributed by atoms with Crippen LogP contribution in [0, 0.1) is 0 Å². The minimum absolute atomic E-state index is 0.0812. The Kier molecular flexibility index (Phi) is 10.6. The Morgan fingerprint density at radius 2 is 1.51 bits per heavy atom. The lowest BCUT2D eigenvalue weighted by molar-refractivity contribution is -0.114. The van der Waals surface area contributed by atoms with Crippen molar-refractivity contribution in [1.29, 1.82) is 0 Å². The predicted octanol–water partition coefficient (Wildman–Crippen LogP) is 6.88. The van der Waals surface area contributed by atoms with Crippen molar-refractivity contribution in [2.45, 2.75) is 11.8 Å². The van der Waals surface area contributed by atoms with E-state index in [1.54, 1.807) is 103 Å². The SMILES string of the molecule is CCOc1ccc(/C=C(\NC(=O)c2ccccc2)C(=O)Nc2ccc(SCC(=O)Nc3ccccc3Cl)cc2)cc1. The van der Waals surface area contributed by atoms with Gasteiger partial charge in [0.1, 0.15) is 11.4 Å². The normalized spacial score (nSPS) is 10.9. The number of carbonyl (C=O) groups excluding carboxylic acids is 3. The molecule has 3 amide bonds. The summed E-state index contributed by atoms with van der Waals surface area (Å²) in [4.78, 5) is 39.3. The topological polar surface area (TPSA) is 96.5 Å². The van der Waals surface area contributed by atoms with E-state index in [9.17, 15) is 14.4 Å². The van der Waals surface area contributed by atoms with Crippen LogP contribution in [0.2, 0.25) is 5.02 Å². The summed E-state index contributed by atoms with van der Waals surface area (Å²) < 4.78 is 5.49. The molecule has 0 spiro atoms. The monoisotopic (exact) mass is 585 g/mol. The zero-order valence-electron chi connectivity index (χ0n) is 22.2. The van der Waals surface area contributed by atoms with Gasteiger partial charge in [0, 0.05) is 16.1 Å². The van der Waals surface area contributed by atoms with E-state index in [4.69, 9.17) is 16.3 Å². The molecule has 0 heterocycles. The molecule has 0 saturated heterocycles. The molecule has 208 valence electrons. The predicted molar refractivity (Wildman–Crippen MR) is 165 cm³/mol. The smallest absolute Gasteiger partial charge is 0.272 e. The first kappa shape index (κ1) is 29.5. The van der Waals surface area contributed by atoms with Crippen molar-refractivity contribution in [3.05, 3.63) is 125 Å². The van der Waals surface area contributed by atoms with Gasteiger partial charge in [0.2, 0.25) is 5.91 Å². The van der Waals surface area contributed by atoms with Gasteiger partial charge in [-0.15, -0.1) is 11.8 Å². The molecule has 0 fully saturated rings. The highest BCUT2D eigenvalue weighted by atomic mass is 35.5. The van der Waals surface area contributed by atoms with Crippen molar-refractivity contribution >= 4 is 58.5 Å². The minimum atomic E-state index is -0.484. The fourth-order valence-corrected chi connectivity index (χ4v) is 4.55. The lowest BCUT2D eigenvalue weighted by atomic mass is 10.1. The number of hydrogen-bond donors (Lipinski definition) is 3. The Morgan fingerprint density at radius 3 is 2.20 bits per heavy atom. The third kappa shape index (κ3) is 8.99. The quantitative estimate of drug-likeness (QED) is 0.132. The van der Waals surface area contributed by atoms with Gasteiger partial charge in [-0.3, -0.25) is 14.4 Å². The summed E-state index contributed by atoms with van der Waals surface area (Å²) in [7, 11) is 0. The number of para-hydroxylation sites is 1. The average Bonchev–Trinajstić information content (AvgIpc) is 2.99. The van der Waals surface area contributed by atoms with Crippen LogP contribution in [0.1, 0.15) is 22.8 Å². The van der Waals surface area contributed by atoms with Gasteiger partial charge in [0.15, 0.2) is 0 Å². The molecule has 4 rings (SSSR count). The van der Waals surface area contributed by atoms with Crippen LogP contribution in [-0.2, 0) is 9.59 Å². The number of hydrogen-bond acceptors (Lipinski definition) is 5. The van der Waals surface area contributed by atoms with E-state index >= 15 is 0 Å². The second kappa shape index (κ2) is 14.7. The van der Waals surface area contributed by atoms with Crippen LogP contribution in [-0.4, -0.2) is 30.1 Å². The molecule has 0 radical (unpaired) electrons.